The summed E-state index contributed by atoms with van der Waals surface area (Å²) in [5.74, 6) is 0.248. The summed E-state index contributed by atoms with van der Waals surface area (Å²) in [5, 5.41) is 10.5. The van der Waals surface area contributed by atoms with Crippen LogP contribution in [0.2, 0.25) is 5.02 Å². The number of carbonyl (C=O) groups is 2. The van der Waals surface area contributed by atoms with Crippen molar-refractivity contribution in [2.45, 2.75) is 43.2 Å². The summed E-state index contributed by atoms with van der Waals surface area (Å²) in [6, 6.07) is 12.0. The Kier molecular flexibility index (Phi) is 4.87. The van der Waals surface area contributed by atoms with Gasteiger partial charge in [-0.1, -0.05) is 35.9 Å². The number of nitrogens with zero attached hydrogens (tertiary/aromatic N) is 3. The number of benzene rings is 2. The SMILES string of the molecule is O=C(N1CC[C@@H](CN2C(=O)C3(CC3)N=C2c2ccc(-c3ccc(Cl)cc3F)cc2)C1)C1(O)CC1. The summed E-state index contributed by atoms with van der Waals surface area (Å²) in [6.07, 6.45) is 3.37. The number of carbonyl (C=O) groups excluding carboxylic acids is 2. The molecule has 2 aliphatic heterocycles. The molecule has 6 rings (SSSR count). The third kappa shape index (κ3) is 3.62. The molecule has 1 atom stereocenters. The van der Waals surface area contributed by atoms with Crippen LogP contribution in [0.1, 0.15) is 37.7 Å². The molecule has 0 bridgehead atoms. The summed E-state index contributed by atoms with van der Waals surface area (Å²) < 4.78 is 14.3. The van der Waals surface area contributed by atoms with Crippen molar-refractivity contribution in [3.8, 4) is 11.1 Å². The van der Waals surface area contributed by atoms with Crippen LogP contribution in [0.15, 0.2) is 47.5 Å². The first-order valence-electron chi connectivity index (χ1n) is 11.8. The maximum absolute atomic E-state index is 14.3. The Balaban J connectivity index is 1.21. The van der Waals surface area contributed by atoms with Gasteiger partial charge in [-0.2, -0.15) is 0 Å². The van der Waals surface area contributed by atoms with E-state index in [-0.39, 0.29) is 23.5 Å². The first-order chi connectivity index (χ1) is 16.3. The van der Waals surface area contributed by atoms with E-state index in [9.17, 15) is 19.1 Å². The van der Waals surface area contributed by atoms with Gasteiger partial charge >= 0.3 is 0 Å². The highest BCUT2D eigenvalue weighted by Crippen LogP contribution is 2.46. The summed E-state index contributed by atoms with van der Waals surface area (Å²) in [7, 11) is 0. The molecular weight excluding hydrogens is 457 g/mol. The van der Waals surface area contributed by atoms with Crippen LogP contribution in [0.25, 0.3) is 11.1 Å². The van der Waals surface area contributed by atoms with Gasteiger partial charge in [-0.15, -0.1) is 0 Å². The number of aliphatic hydroxyl groups is 1. The van der Waals surface area contributed by atoms with Crippen LogP contribution in [-0.4, -0.2) is 63.3 Å². The predicted molar refractivity (Wildman–Crippen MR) is 126 cm³/mol. The molecule has 2 heterocycles. The third-order valence-electron chi connectivity index (χ3n) is 7.46. The molecule has 8 heteroatoms. The molecular formula is C26H25ClFN3O3. The fourth-order valence-electron chi connectivity index (χ4n) is 5.07. The number of rotatable bonds is 5. The Morgan fingerprint density at radius 3 is 2.47 bits per heavy atom. The molecule has 34 heavy (non-hydrogen) atoms. The lowest BCUT2D eigenvalue weighted by Gasteiger charge is -2.24. The van der Waals surface area contributed by atoms with E-state index in [1.807, 2.05) is 24.3 Å². The third-order valence-corrected chi connectivity index (χ3v) is 7.70. The largest absolute Gasteiger partial charge is 0.380 e. The molecule has 2 aromatic carbocycles. The second-order valence-corrected chi connectivity index (χ2v) is 10.5. The zero-order chi connectivity index (χ0) is 23.7. The van der Waals surface area contributed by atoms with Crippen LogP contribution < -0.4 is 0 Å². The van der Waals surface area contributed by atoms with Crippen molar-refractivity contribution in [3.05, 3.63) is 58.9 Å². The summed E-state index contributed by atoms with van der Waals surface area (Å²) in [6.45, 7) is 1.64. The molecule has 0 unspecified atom stereocenters. The van der Waals surface area contributed by atoms with Gasteiger partial charge in [-0.05, 0) is 61.8 Å². The van der Waals surface area contributed by atoms with Crippen LogP contribution in [0.3, 0.4) is 0 Å². The zero-order valence-electron chi connectivity index (χ0n) is 18.6. The monoisotopic (exact) mass is 481 g/mol. The molecule has 2 aliphatic carbocycles. The fourth-order valence-corrected chi connectivity index (χ4v) is 5.22. The molecule has 1 N–H and O–H groups in total. The standard InChI is InChI=1S/C26H25ClFN3O3/c27-19-5-6-20(21(28)13-19)17-1-3-18(4-2-17)22-29-25(8-9-25)23(32)31(22)15-16-7-12-30(14-16)24(33)26(34)10-11-26/h1-6,13,16,34H,7-12,14-15H2/t16-/m1/s1. The normalized spacial score (nSPS) is 24.0. The number of halogens is 2. The fraction of sp³-hybridized carbons (Fsp3) is 0.423. The average Bonchev–Trinajstić information content (AvgIpc) is 3.70. The molecule has 176 valence electrons. The van der Waals surface area contributed by atoms with Crippen molar-refractivity contribution in [3.63, 3.8) is 0 Å². The highest BCUT2D eigenvalue weighted by Gasteiger charge is 2.58. The maximum atomic E-state index is 14.3. The molecule has 0 aromatic heterocycles. The van der Waals surface area contributed by atoms with Crippen LogP contribution in [0.4, 0.5) is 4.39 Å². The van der Waals surface area contributed by atoms with E-state index >= 15 is 0 Å². The van der Waals surface area contributed by atoms with Crippen LogP contribution in [0.5, 0.6) is 0 Å². The van der Waals surface area contributed by atoms with E-state index < -0.39 is 11.1 Å². The number of aliphatic imine (C=N–C) groups is 1. The molecule has 2 aromatic rings. The number of likely N-dealkylation sites (tertiary alicyclic amines) is 1. The number of hydrogen-bond donors (Lipinski definition) is 1. The lowest BCUT2D eigenvalue weighted by Crippen LogP contribution is -2.42. The molecule has 2 amide bonds. The molecule has 6 nitrogen and oxygen atoms in total. The van der Waals surface area contributed by atoms with Gasteiger partial charge in [0, 0.05) is 35.8 Å². The number of amidine groups is 1. The number of amides is 2. The van der Waals surface area contributed by atoms with Crippen molar-refractivity contribution < 1.29 is 19.1 Å². The Labute approximate surface area is 202 Å². The van der Waals surface area contributed by atoms with E-state index in [4.69, 9.17) is 16.6 Å². The van der Waals surface area contributed by atoms with E-state index in [0.717, 1.165) is 30.4 Å². The van der Waals surface area contributed by atoms with Gasteiger partial charge in [-0.3, -0.25) is 19.5 Å². The van der Waals surface area contributed by atoms with Crippen molar-refractivity contribution in [1.29, 1.82) is 0 Å². The van der Waals surface area contributed by atoms with Crippen molar-refractivity contribution in [2.75, 3.05) is 19.6 Å². The quantitative estimate of drug-likeness (QED) is 0.708. The molecule has 4 aliphatic rings. The first kappa shape index (κ1) is 21.7. The smallest absolute Gasteiger partial charge is 0.256 e. The number of hydrogen-bond acceptors (Lipinski definition) is 4. The Hall–Kier alpha value is -2.77. The van der Waals surface area contributed by atoms with Gasteiger partial charge in [0.15, 0.2) is 0 Å². The molecule has 1 saturated heterocycles. The Bertz CT molecular complexity index is 1220. The lowest BCUT2D eigenvalue weighted by molar-refractivity contribution is -0.141. The van der Waals surface area contributed by atoms with E-state index in [1.165, 1.54) is 6.07 Å². The highest BCUT2D eigenvalue weighted by atomic mass is 35.5. The van der Waals surface area contributed by atoms with Gasteiger partial charge in [0.05, 0.1) is 0 Å². The van der Waals surface area contributed by atoms with E-state index in [0.29, 0.717) is 48.9 Å². The Morgan fingerprint density at radius 2 is 1.82 bits per heavy atom. The summed E-state index contributed by atoms with van der Waals surface area (Å²) >= 11 is 5.87. The molecule has 1 spiro atoms. The topological polar surface area (TPSA) is 73.2 Å². The van der Waals surface area contributed by atoms with Gasteiger partial charge in [0.1, 0.15) is 22.8 Å². The van der Waals surface area contributed by atoms with Crippen LogP contribution in [-0.2, 0) is 9.59 Å². The lowest BCUT2D eigenvalue weighted by atomic mass is 10.0. The van der Waals surface area contributed by atoms with Crippen molar-refractivity contribution >= 4 is 29.3 Å². The van der Waals surface area contributed by atoms with Crippen molar-refractivity contribution in [1.82, 2.24) is 9.80 Å². The van der Waals surface area contributed by atoms with Gasteiger partial charge in [0.25, 0.3) is 11.8 Å². The second-order valence-electron chi connectivity index (χ2n) is 10.0. The predicted octanol–water partition coefficient (Wildman–Crippen LogP) is 3.64. The highest BCUT2D eigenvalue weighted by molar-refractivity contribution is 6.30. The maximum Gasteiger partial charge on any atom is 0.256 e. The van der Waals surface area contributed by atoms with E-state index in [1.54, 1.807) is 21.9 Å². The zero-order valence-corrected chi connectivity index (χ0v) is 19.4. The van der Waals surface area contributed by atoms with Crippen LogP contribution >= 0.6 is 11.6 Å². The van der Waals surface area contributed by atoms with E-state index in [2.05, 4.69) is 0 Å². The van der Waals surface area contributed by atoms with Gasteiger partial charge < -0.3 is 10.0 Å². The minimum absolute atomic E-state index is 0.0286. The molecule has 3 fully saturated rings. The van der Waals surface area contributed by atoms with Crippen LogP contribution in [0, 0.1) is 11.7 Å². The second kappa shape index (κ2) is 7.62. The summed E-state index contributed by atoms with van der Waals surface area (Å²) in [5.41, 5.74) is 0.206. The van der Waals surface area contributed by atoms with Gasteiger partial charge in [0.2, 0.25) is 0 Å². The minimum Gasteiger partial charge on any atom is -0.380 e. The molecule has 2 saturated carbocycles. The summed E-state index contributed by atoms with van der Waals surface area (Å²) in [4.78, 5) is 34.1. The first-order valence-corrected chi connectivity index (χ1v) is 12.2. The van der Waals surface area contributed by atoms with Crippen molar-refractivity contribution in [2.24, 2.45) is 10.9 Å². The van der Waals surface area contributed by atoms with Gasteiger partial charge in [-0.25, -0.2) is 4.39 Å². The minimum atomic E-state index is -1.16. The Morgan fingerprint density at radius 1 is 1.12 bits per heavy atom. The molecule has 0 radical (unpaired) electrons. The average molecular weight is 482 g/mol.